The highest BCUT2D eigenvalue weighted by Gasteiger charge is 2.24. The summed E-state index contributed by atoms with van der Waals surface area (Å²) in [5.74, 6) is 0.0134. The minimum Gasteiger partial charge on any atom is -0.496 e. The SMILES string of the molecule is COc1cccc(OC)c1C(=O)Nc1cn[nH]c1C(=O)NC1CCC1. The summed E-state index contributed by atoms with van der Waals surface area (Å²) in [4.78, 5) is 25.0. The standard InChI is InChI=1S/C17H20N4O4/c1-24-12-7-4-8-13(25-2)14(12)16(22)20-11-9-18-21-15(11)17(23)19-10-5-3-6-10/h4,7-10H,3,5-6H2,1-2H3,(H,18,21)(H,19,23)(H,20,22). The molecular formula is C17H20N4O4. The number of hydrogen-bond acceptors (Lipinski definition) is 5. The summed E-state index contributed by atoms with van der Waals surface area (Å²) in [7, 11) is 2.95. The molecule has 2 amide bonds. The molecule has 0 atom stereocenters. The number of nitrogens with zero attached hydrogens (tertiary/aromatic N) is 1. The van der Waals surface area contributed by atoms with E-state index in [1.54, 1.807) is 18.2 Å². The molecule has 8 nitrogen and oxygen atoms in total. The summed E-state index contributed by atoms with van der Waals surface area (Å²) in [6.07, 6.45) is 4.46. The first-order chi connectivity index (χ1) is 12.1. The number of ether oxygens (including phenoxy) is 2. The Morgan fingerprint density at radius 1 is 1.16 bits per heavy atom. The van der Waals surface area contributed by atoms with E-state index in [-0.39, 0.29) is 23.2 Å². The number of aromatic nitrogens is 2. The normalized spacial score (nSPS) is 13.7. The fourth-order valence-electron chi connectivity index (χ4n) is 2.62. The summed E-state index contributed by atoms with van der Waals surface area (Å²) in [6, 6.07) is 5.24. The smallest absolute Gasteiger partial charge is 0.271 e. The van der Waals surface area contributed by atoms with Crippen LogP contribution in [-0.2, 0) is 0 Å². The molecule has 1 aliphatic rings. The molecule has 0 bridgehead atoms. The second-order valence-electron chi connectivity index (χ2n) is 5.75. The minimum atomic E-state index is -0.451. The molecule has 1 fully saturated rings. The summed E-state index contributed by atoms with van der Waals surface area (Å²) in [6.45, 7) is 0. The molecule has 0 aliphatic heterocycles. The average molecular weight is 344 g/mol. The van der Waals surface area contributed by atoms with Gasteiger partial charge in [0.05, 0.1) is 26.1 Å². The molecule has 1 aromatic heterocycles. The van der Waals surface area contributed by atoms with Gasteiger partial charge in [0.2, 0.25) is 0 Å². The van der Waals surface area contributed by atoms with Crippen LogP contribution in [0, 0.1) is 0 Å². The Morgan fingerprint density at radius 2 is 1.84 bits per heavy atom. The van der Waals surface area contributed by atoms with Gasteiger partial charge in [-0.05, 0) is 31.4 Å². The Balaban J connectivity index is 1.80. The zero-order valence-corrected chi connectivity index (χ0v) is 14.1. The third-order valence-corrected chi connectivity index (χ3v) is 4.21. The van der Waals surface area contributed by atoms with Crippen LogP contribution < -0.4 is 20.1 Å². The van der Waals surface area contributed by atoms with E-state index in [4.69, 9.17) is 9.47 Å². The molecule has 8 heteroatoms. The van der Waals surface area contributed by atoms with Crippen molar-refractivity contribution in [2.24, 2.45) is 0 Å². The number of aromatic amines is 1. The second-order valence-corrected chi connectivity index (χ2v) is 5.75. The number of benzene rings is 1. The van der Waals surface area contributed by atoms with Crippen molar-refractivity contribution in [3.05, 3.63) is 35.7 Å². The molecule has 1 aliphatic carbocycles. The van der Waals surface area contributed by atoms with E-state index in [1.807, 2.05) is 0 Å². The zero-order valence-electron chi connectivity index (χ0n) is 14.1. The largest absolute Gasteiger partial charge is 0.496 e. The van der Waals surface area contributed by atoms with Crippen LogP contribution in [0.5, 0.6) is 11.5 Å². The number of H-pyrrole nitrogens is 1. The molecule has 2 aromatic rings. The first-order valence-electron chi connectivity index (χ1n) is 8.00. The Morgan fingerprint density at radius 3 is 2.40 bits per heavy atom. The van der Waals surface area contributed by atoms with Gasteiger partial charge in [-0.3, -0.25) is 14.7 Å². The van der Waals surface area contributed by atoms with Crippen LogP contribution >= 0.6 is 0 Å². The number of anilines is 1. The van der Waals surface area contributed by atoms with E-state index in [0.717, 1.165) is 19.3 Å². The number of carbonyl (C=O) groups is 2. The van der Waals surface area contributed by atoms with Gasteiger partial charge in [0.25, 0.3) is 11.8 Å². The zero-order chi connectivity index (χ0) is 17.8. The highest BCUT2D eigenvalue weighted by molar-refractivity contribution is 6.11. The van der Waals surface area contributed by atoms with Crippen LogP contribution in [0.25, 0.3) is 0 Å². The number of nitrogens with one attached hydrogen (secondary N) is 3. The Kier molecular flexibility index (Phi) is 4.87. The van der Waals surface area contributed by atoms with E-state index in [1.165, 1.54) is 20.4 Å². The van der Waals surface area contributed by atoms with Crippen molar-refractivity contribution in [2.45, 2.75) is 25.3 Å². The summed E-state index contributed by atoms with van der Waals surface area (Å²) in [5, 5.41) is 12.1. The number of hydrogen-bond donors (Lipinski definition) is 3. The summed E-state index contributed by atoms with van der Waals surface area (Å²) in [5.41, 5.74) is 0.767. The highest BCUT2D eigenvalue weighted by Crippen LogP contribution is 2.29. The Labute approximate surface area is 144 Å². The molecule has 1 aromatic carbocycles. The molecule has 0 saturated heterocycles. The van der Waals surface area contributed by atoms with Crippen LogP contribution in [0.3, 0.4) is 0 Å². The van der Waals surface area contributed by atoms with Crippen molar-refractivity contribution >= 4 is 17.5 Å². The number of amides is 2. The maximum Gasteiger partial charge on any atom is 0.271 e. The first-order valence-corrected chi connectivity index (χ1v) is 8.00. The van der Waals surface area contributed by atoms with Crippen molar-refractivity contribution in [3.8, 4) is 11.5 Å². The molecule has 1 saturated carbocycles. The van der Waals surface area contributed by atoms with Gasteiger partial charge in [0.15, 0.2) is 0 Å². The molecule has 1 heterocycles. The molecule has 3 N–H and O–H groups in total. The van der Waals surface area contributed by atoms with Gasteiger partial charge in [-0.15, -0.1) is 0 Å². The fraction of sp³-hybridized carbons (Fsp3) is 0.353. The third-order valence-electron chi connectivity index (χ3n) is 4.21. The van der Waals surface area contributed by atoms with E-state index >= 15 is 0 Å². The van der Waals surface area contributed by atoms with Gasteiger partial charge in [-0.1, -0.05) is 6.07 Å². The molecule has 0 spiro atoms. The predicted molar refractivity (Wildman–Crippen MR) is 91.2 cm³/mol. The van der Waals surface area contributed by atoms with Crippen molar-refractivity contribution in [1.29, 1.82) is 0 Å². The molecule has 0 radical (unpaired) electrons. The van der Waals surface area contributed by atoms with Gasteiger partial charge in [0.1, 0.15) is 22.8 Å². The summed E-state index contributed by atoms with van der Waals surface area (Å²) < 4.78 is 10.5. The number of methoxy groups -OCH3 is 2. The molecule has 0 unspecified atom stereocenters. The topological polar surface area (TPSA) is 105 Å². The lowest BCUT2D eigenvalue weighted by Gasteiger charge is -2.26. The Hall–Kier alpha value is -3.03. The van der Waals surface area contributed by atoms with E-state index in [0.29, 0.717) is 17.2 Å². The van der Waals surface area contributed by atoms with Crippen LogP contribution in [-0.4, -0.2) is 42.3 Å². The maximum atomic E-state index is 12.7. The highest BCUT2D eigenvalue weighted by atomic mass is 16.5. The minimum absolute atomic E-state index is 0.189. The van der Waals surface area contributed by atoms with Gasteiger partial charge in [-0.25, -0.2) is 0 Å². The van der Waals surface area contributed by atoms with Crippen LogP contribution in [0.1, 0.15) is 40.1 Å². The van der Waals surface area contributed by atoms with Crippen LogP contribution in [0.2, 0.25) is 0 Å². The quantitative estimate of drug-likeness (QED) is 0.743. The molecular weight excluding hydrogens is 324 g/mol. The van der Waals surface area contributed by atoms with E-state index in [2.05, 4.69) is 20.8 Å². The predicted octanol–water partition coefficient (Wildman–Crippen LogP) is 1.96. The van der Waals surface area contributed by atoms with Crippen molar-refractivity contribution in [1.82, 2.24) is 15.5 Å². The lowest BCUT2D eigenvalue weighted by Crippen LogP contribution is -2.39. The van der Waals surface area contributed by atoms with Gasteiger partial charge in [-0.2, -0.15) is 5.10 Å². The van der Waals surface area contributed by atoms with Crippen LogP contribution in [0.4, 0.5) is 5.69 Å². The molecule has 25 heavy (non-hydrogen) atoms. The van der Waals surface area contributed by atoms with Crippen LogP contribution in [0.15, 0.2) is 24.4 Å². The van der Waals surface area contributed by atoms with Crippen molar-refractivity contribution in [3.63, 3.8) is 0 Å². The van der Waals surface area contributed by atoms with E-state index in [9.17, 15) is 9.59 Å². The molecule has 132 valence electrons. The Bertz CT molecular complexity index is 760. The second kappa shape index (κ2) is 7.25. The third kappa shape index (κ3) is 3.42. The molecule has 3 rings (SSSR count). The van der Waals surface area contributed by atoms with Gasteiger partial charge in [0, 0.05) is 6.04 Å². The summed E-state index contributed by atoms with van der Waals surface area (Å²) >= 11 is 0. The van der Waals surface area contributed by atoms with Gasteiger partial charge < -0.3 is 20.1 Å². The lowest BCUT2D eigenvalue weighted by molar-refractivity contribution is 0.0912. The maximum absolute atomic E-state index is 12.7. The monoisotopic (exact) mass is 344 g/mol. The lowest BCUT2D eigenvalue weighted by atomic mass is 9.93. The van der Waals surface area contributed by atoms with Crippen molar-refractivity contribution < 1.29 is 19.1 Å². The number of rotatable bonds is 6. The van der Waals surface area contributed by atoms with E-state index < -0.39 is 5.91 Å². The fourth-order valence-corrected chi connectivity index (χ4v) is 2.62. The number of carbonyl (C=O) groups excluding carboxylic acids is 2. The average Bonchev–Trinajstić information content (AvgIpc) is 3.05. The van der Waals surface area contributed by atoms with Crippen molar-refractivity contribution in [2.75, 3.05) is 19.5 Å². The first kappa shape index (κ1) is 16.8. The van der Waals surface area contributed by atoms with Gasteiger partial charge >= 0.3 is 0 Å².